The van der Waals surface area contributed by atoms with Gasteiger partial charge in [0.15, 0.2) is 0 Å². The fourth-order valence-corrected chi connectivity index (χ4v) is 4.02. The van der Waals surface area contributed by atoms with Gasteiger partial charge in [0.1, 0.15) is 17.5 Å². The van der Waals surface area contributed by atoms with Crippen LogP contribution in [0.2, 0.25) is 0 Å². The number of benzene rings is 1. The fraction of sp³-hybridized carbons (Fsp3) is 0.240. The van der Waals surface area contributed by atoms with Gasteiger partial charge in [0.05, 0.1) is 25.0 Å². The van der Waals surface area contributed by atoms with E-state index in [-0.39, 0.29) is 36.8 Å². The van der Waals surface area contributed by atoms with Crippen molar-refractivity contribution in [1.29, 1.82) is 5.41 Å². The number of likely N-dealkylation sites (N-methyl/N-ethyl adjacent to an activating group) is 1. The molecule has 2 atom stereocenters. The molecule has 0 radical (unpaired) electrons. The number of carbonyl (C=O) groups is 2. The van der Waals surface area contributed by atoms with Crippen molar-refractivity contribution in [1.82, 2.24) is 9.88 Å². The Balaban J connectivity index is 1.48. The lowest BCUT2D eigenvalue weighted by atomic mass is 9.97. The highest BCUT2D eigenvalue weighted by Gasteiger charge is 2.34. The standard InChI is InChI=1S/C25H27N7O3/c1-31-20-10-7-17(25(35)32(13-11-23(33)34)21-4-2-3-12-28-21)14-19(20)30-22(31)15-29-18-8-5-16(6-9-18)24(26)27/h2-10,12,14,19-20,29H,11,13,15H2,1H3,(H3,26,27)(H,33,34). The largest absolute Gasteiger partial charge is 0.481 e. The van der Waals surface area contributed by atoms with Crippen LogP contribution in [0.15, 0.2) is 77.5 Å². The van der Waals surface area contributed by atoms with Crippen molar-refractivity contribution in [3.63, 3.8) is 0 Å². The molecule has 1 aromatic carbocycles. The van der Waals surface area contributed by atoms with E-state index in [2.05, 4.69) is 15.2 Å². The van der Waals surface area contributed by atoms with Crippen LogP contribution in [0.5, 0.6) is 0 Å². The van der Waals surface area contributed by atoms with Crippen LogP contribution < -0.4 is 16.0 Å². The lowest BCUT2D eigenvalue weighted by Gasteiger charge is -2.27. The van der Waals surface area contributed by atoms with E-state index in [1.54, 1.807) is 42.6 Å². The average molecular weight is 474 g/mol. The molecule has 10 nitrogen and oxygen atoms in total. The van der Waals surface area contributed by atoms with E-state index in [4.69, 9.17) is 21.2 Å². The van der Waals surface area contributed by atoms with Crippen molar-refractivity contribution in [2.24, 2.45) is 10.7 Å². The van der Waals surface area contributed by atoms with Gasteiger partial charge in [-0.05, 0) is 42.5 Å². The van der Waals surface area contributed by atoms with Gasteiger partial charge in [0.25, 0.3) is 5.91 Å². The van der Waals surface area contributed by atoms with Gasteiger partial charge in [-0.25, -0.2) is 4.98 Å². The highest BCUT2D eigenvalue weighted by atomic mass is 16.4. The van der Waals surface area contributed by atoms with E-state index in [0.29, 0.717) is 23.5 Å². The minimum atomic E-state index is -0.984. The number of fused-ring (bicyclic) bond motifs is 1. The number of carboxylic acid groups (broad SMARTS) is 1. The zero-order chi connectivity index (χ0) is 24.9. The van der Waals surface area contributed by atoms with Crippen LogP contribution in [0, 0.1) is 5.41 Å². The molecule has 2 aliphatic rings. The van der Waals surface area contributed by atoms with Gasteiger partial charge in [0.2, 0.25) is 0 Å². The number of aliphatic imine (C=N–C) groups is 1. The van der Waals surface area contributed by atoms with Crippen LogP contribution in [0.4, 0.5) is 11.5 Å². The lowest BCUT2D eigenvalue weighted by Crippen LogP contribution is -2.39. The van der Waals surface area contributed by atoms with Gasteiger partial charge < -0.3 is 21.1 Å². The summed E-state index contributed by atoms with van der Waals surface area (Å²) < 4.78 is 0. The van der Waals surface area contributed by atoms with Crippen molar-refractivity contribution in [3.8, 4) is 0 Å². The van der Waals surface area contributed by atoms with Crippen molar-refractivity contribution < 1.29 is 14.7 Å². The molecular formula is C25H27N7O3. The number of anilines is 2. The summed E-state index contributed by atoms with van der Waals surface area (Å²) in [4.78, 5) is 37.0. The third kappa shape index (κ3) is 5.37. The van der Waals surface area contributed by atoms with Crippen LogP contribution in [0.25, 0.3) is 0 Å². The molecule has 0 saturated carbocycles. The molecule has 1 aliphatic heterocycles. The first-order valence-corrected chi connectivity index (χ1v) is 11.2. The minimum Gasteiger partial charge on any atom is -0.481 e. The van der Waals surface area contributed by atoms with Crippen molar-refractivity contribution in [3.05, 3.63) is 78.0 Å². The molecule has 2 aromatic rings. The van der Waals surface area contributed by atoms with Gasteiger partial charge in [-0.3, -0.25) is 24.9 Å². The second-order valence-electron chi connectivity index (χ2n) is 8.25. The molecule has 2 heterocycles. The number of nitrogens with one attached hydrogen (secondary N) is 2. The topological polar surface area (TPSA) is 148 Å². The van der Waals surface area contributed by atoms with Gasteiger partial charge in [-0.1, -0.05) is 18.2 Å². The van der Waals surface area contributed by atoms with Crippen LogP contribution in [-0.4, -0.2) is 70.8 Å². The summed E-state index contributed by atoms with van der Waals surface area (Å²) in [6, 6.07) is 12.2. The first-order chi connectivity index (χ1) is 16.8. The number of aliphatic carboxylic acids is 1. The SMILES string of the molecule is CN1C(CNc2ccc(C(=N)N)cc2)=NC2C=C(C(=O)N(CCC(=O)O)c3ccccn3)C=CC21. The number of carboxylic acids is 1. The predicted molar refractivity (Wildman–Crippen MR) is 135 cm³/mol. The molecule has 1 aliphatic carbocycles. The van der Waals surface area contributed by atoms with Gasteiger partial charge in [0, 0.05) is 36.6 Å². The highest BCUT2D eigenvalue weighted by Crippen LogP contribution is 2.26. The molecule has 4 rings (SSSR count). The Morgan fingerprint density at radius 3 is 2.66 bits per heavy atom. The number of nitrogens with zero attached hydrogens (tertiary/aromatic N) is 4. The Hall–Kier alpha value is -4.47. The van der Waals surface area contributed by atoms with Gasteiger partial charge in [-0.15, -0.1) is 0 Å². The molecule has 180 valence electrons. The predicted octanol–water partition coefficient (Wildman–Crippen LogP) is 1.86. The van der Waals surface area contributed by atoms with E-state index in [0.717, 1.165) is 11.5 Å². The van der Waals surface area contributed by atoms with E-state index in [1.165, 1.54) is 4.90 Å². The number of amides is 1. The van der Waals surface area contributed by atoms with Crippen LogP contribution in [-0.2, 0) is 9.59 Å². The number of hydrogen-bond donors (Lipinski definition) is 4. The Morgan fingerprint density at radius 2 is 2.00 bits per heavy atom. The molecular weight excluding hydrogens is 446 g/mol. The second kappa shape index (κ2) is 10.2. The third-order valence-corrected chi connectivity index (χ3v) is 5.94. The first kappa shape index (κ1) is 23.7. The number of aromatic nitrogens is 1. The Morgan fingerprint density at radius 1 is 1.23 bits per heavy atom. The number of carbonyl (C=O) groups excluding carboxylic acids is 1. The maximum atomic E-state index is 13.3. The minimum absolute atomic E-state index is 0.00856. The van der Waals surface area contributed by atoms with Crippen molar-refractivity contribution in [2.45, 2.75) is 18.5 Å². The monoisotopic (exact) mass is 473 g/mol. The summed E-state index contributed by atoms with van der Waals surface area (Å²) in [6.07, 6.45) is 6.93. The summed E-state index contributed by atoms with van der Waals surface area (Å²) in [5.41, 5.74) is 7.50. The summed E-state index contributed by atoms with van der Waals surface area (Å²) in [7, 11) is 1.96. The quantitative estimate of drug-likeness (QED) is 0.321. The number of pyridine rings is 1. The molecule has 1 aromatic heterocycles. The second-order valence-corrected chi connectivity index (χ2v) is 8.25. The third-order valence-electron chi connectivity index (χ3n) is 5.94. The number of nitrogen functional groups attached to an aromatic ring is 1. The molecule has 0 fully saturated rings. The molecule has 35 heavy (non-hydrogen) atoms. The Bertz CT molecular complexity index is 1210. The first-order valence-electron chi connectivity index (χ1n) is 11.2. The van der Waals surface area contributed by atoms with Gasteiger partial charge >= 0.3 is 5.97 Å². The highest BCUT2D eigenvalue weighted by molar-refractivity contribution is 6.07. The Kier molecular flexibility index (Phi) is 6.91. The molecule has 2 unspecified atom stereocenters. The summed E-state index contributed by atoms with van der Waals surface area (Å²) >= 11 is 0. The van der Waals surface area contributed by atoms with Crippen molar-refractivity contribution in [2.75, 3.05) is 30.4 Å². The smallest absolute Gasteiger partial charge is 0.305 e. The maximum absolute atomic E-state index is 13.3. The molecule has 0 spiro atoms. The van der Waals surface area contributed by atoms with E-state index in [9.17, 15) is 9.59 Å². The average Bonchev–Trinajstić information content (AvgIpc) is 3.18. The van der Waals surface area contributed by atoms with Gasteiger partial charge in [-0.2, -0.15) is 0 Å². The summed E-state index contributed by atoms with van der Waals surface area (Å²) in [5, 5.41) is 19.9. The number of rotatable bonds is 9. The lowest BCUT2D eigenvalue weighted by molar-refractivity contribution is -0.136. The zero-order valence-electron chi connectivity index (χ0n) is 19.3. The van der Waals surface area contributed by atoms with Crippen LogP contribution in [0.3, 0.4) is 0 Å². The van der Waals surface area contributed by atoms with E-state index >= 15 is 0 Å². The number of amidine groups is 2. The molecule has 1 amide bonds. The Labute approximate surface area is 203 Å². The van der Waals surface area contributed by atoms with Crippen LogP contribution >= 0.6 is 0 Å². The number of hydrogen-bond acceptors (Lipinski definition) is 7. The van der Waals surface area contributed by atoms with E-state index in [1.807, 2.05) is 31.3 Å². The van der Waals surface area contributed by atoms with E-state index < -0.39 is 5.97 Å². The zero-order valence-corrected chi connectivity index (χ0v) is 19.3. The molecule has 5 N–H and O–H groups in total. The molecule has 0 bridgehead atoms. The fourth-order valence-electron chi connectivity index (χ4n) is 4.02. The molecule has 10 heteroatoms. The molecule has 0 saturated heterocycles. The summed E-state index contributed by atoms with van der Waals surface area (Å²) in [5.74, 6) is -0.0219. The van der Waals surface area contributed by atoms with Crippen LogP contribution in [0.1, 0.15) is 12.0 Å². The number of nitrogens with two attached hydrogens (primary N) is 1. The van der Waals surface area contributed by atoms with Crippen molar-refractivity contribution >= 4 is 35.1 Å². The maximum Gasteiger partial charge on any atom is 0.305 e. The normalized spacial score (nSPS) is 18.4. The summed E-state index contributed by atoms with van der Waals surface area (Å²) in [6.45, 7) is 0.512.